The Hall–Kier alpha value is -6.80. The molecule has 244 valence electrons. The number of amides is 4. The molecule has 2 aliphatic rings. The number of hydrogen-bond donors (Lipinski definition) is 0. The molecule has 0 fully saturated rings. The summed E-state index contributed by atoms with van der Waals surface area (Å²) in [4.78, 5) is 60.1. The van der Waals surface area contributed by atoms with E-state index < -0.39 is 29.3 Å². The molecule has 2 aliphatic heterocycles. The van der Waals surface area contributed by atoms with Gasteiger partial charge in [-0.25, -0.2) is 0 Å². The summed E-state index contributed by atoms with van der Waals surface area (Å²) in [5, 5.41) is 4.07. The summed E-state index contributed by atoms with van der Waals surface area (Å²) in [5.74, 6) is -2.28. The van der Waals surface area contributed by atoms with E-state index in [2.05, 4.69) is 0 Å². The molecule has 0 unspecified atom stereocenters. The van der Waals surface area contributed by atoms with Gasteiger partial charge in [-0.1, -0.05) is 84.9 Å². The van der Waals surface area contributed by atoms with Crippen LogP contribution in [-0.2, 0) is 0 Å². The summed E-state index contributed by atoms with van der Waals surface area (Å²) < 4.78 is 4.01. The number of carbonyl (C=O) groups excluding carboxylic acids is 4. The fourth-order valence-electron chi connectivity index (χ4n) is 8.37. The van der Waals surface area contributed by atoms with Crippen molar-refractivity contribution in [2.75, 3.05) is 0 Å². The maximum atomic E-state index is 14.7. The van der Waals surface area contributed by atoms with Crippen LogP contribution < -0.4 is 0 Å². The van der Waals surface area contributed by atoms with Gasteiger partial charge in [0.1, 0.15) is 5.66 Å². The van der Waals surface area contributed by atoms with Crippen LogP contribution in [0.2, 0.25) is 0 Å². The van der Waals surface area contributed by atoms with E-state index in [0.717, 1.165) is 53.4 Å². The highest BCUT2D eigenvalue weighted by Crippen LogP contribution is 2.42. The lowest BCUT2D eigenvalue weighted by Gasteiger charge is -2.40. The standard InChI is InChI=1S/C43H28N4O4/c1-43(2,46-39(48)29-17-11-23-35(37(29)41(46)50)44-31-19-7-3-13-25(31)26-14-4-8-20-32(26)44)47-40(49)30-18-12-24-36(38(30)42(47)51)45-33-21-9-5-15-27(33)28-16-6-10-22-34(28)45/h3-24H,1-2H3. The summed E-state index contributed by atoms with van der Waals surface area (Å²) in [5.41, 5.74) is 3.91. The number of para-hydroxylation sites is 4. The summed E-state index contributed by atoms with van der Waals surface area (Å²) >= 11 is 0. The van der Waals surface area contributed by atoms with Crippen LogP contribution in [0.25, 0.3) is 55.0 Å². The molecule has 0 saturated carbocycles. The third-order valence-corrected chi connectivity index (χ3v) is 10.5. The predicted octanol–water partition coefficient (Wildman–Crippen LogP) is 8.51. The molecule has 8 aromatic rings. The average molecular weight is 665 g/mol. The number of imide groups is 2. The third-order valence-electron chi connectivity index (χ3n) is 10.5. The van der Waals surface area contributed by atoms with Gasteiger partial charge in [0.25, 0.3) is 23.6 Å². The van der Waals surface area contributed by atoms with Crippen LogP contribution in [-0.4, -0.2) is 48.2 Å². The molecule has 0 aliphatic carbocycles. The van der Waals surface area contributed by atoms with E-state index in [1.165, 1.54) is 0 Å². The second kappa shape index (κ2) is 10.1. The molecule has 0 bridgehead atoms. The highest BCUT2D eigenvalue weighted by atomic mass is 16.2. The first-order valence-corrected chi connectivity index (χ1v) is 16.8. The minimum absolute atomic E-state index is 0.218. The largest absolute Gasteiger partial charge is 0.308 e. The van der Waals surface area contributed by atoms with Gasteiger partial charge < -0.3 is 9.13 Å². The predicted molar refractivity (Wildman–Crippen MR) is 197 cm³/mol. The lowest BCUT2D eigenvalue weighted by molar-refractivity contribution is 0.00434. The highest BCUT2D eigenvalue weighted by Gasteiger charge is 2.54. The van der Waals surface area contributed by atoms with Crippen molar-refractivity contribution in [1.82, 2.24) is 18.9 Å². The number of benzene rings is 6. The normalized spacial score (nSPS) is 14.5. The molecule has 10 rings (SSSR count). The molecule has 6 aromatic carbocycles. The van der Waals surface area contributed by atoms with Crippen LogP contribution in [0.1, 0.15) is 55.3 Å². The van der Waals surface area contributed by atoms with Crippen molar-refractivity contribution < 1.29 is 19.2 Å². The molecule has 0 radical (unpaired) electrons. The van der Waals surface area contributed by atoms with E-state index in [1.54, 1.807) is 38.1 Å². The van der Waals surface area contributed by atoms with Crippen molar-refractivity contribution in [3.63, 3.8) is 0 Å². The number of rotatable bonds is 4. The summed E-state index contributed by atoms with van der Waals surface area (Å²) in [6.07, 6.45) is 0. The average Bonchev–Trinajstić information content (AvgIpc) is 3.83. The molecule has 4 heterocycles. The van der Waals surface area contributed by atoms with Crippen LogP contribution in [0.15, 0.2) is 133 Å². The Morgan fingerprint density at radius 2 is 0.686 bits per heavy atom. The van der Waals surface area contributed by atoms with Gasteiger partial charge in [-0.15, -0.1) is 0 Å². The smallest absolute Gasteiger partial charge is 0.265 e. The second-order valence-electron chi connectivity index (χ2n) is 13.5. The molecule has 2 aromatic heterocycles. The van der Waals surface area contributed by atoms with Crippen molar-refractivity contribution in [3.8, 4) is 11.4 Å². The lowest BCUT2D eigenvalue weighted by Crippen LogP contribution is -2.60. The Kier molecular flexibility index (Phi) is 5.78. The number of carbonyl (C=O) groups is 4. The van der Waals surface area contributed by atoms with E-state index >= 15 is 0 Å². The van der Waals surface area contributed by atoms with Crippen molar-refractivity contribution in [2.45, 2.75) is 19.5 Å². The zero-order chi connectivity index (χ0) is 34.8. The maximum absolute atomic E-state index is 14.7. The van der Waals surface area contributed by atoms with Crippen LogP contribution in [0.4, 0.5) is 0 Å². The van der Waals surface area contributed by atoms with E-state index in [9.17, 15) is 19.2 Å². The zero-order valence-corrected chi connectivity index (χ0v) is 27.6. The highest BCUT2D eigenvalue weighted by molar-refractivity contribution is 6.27. The first-order valence-electron chi connectivity index (χ1n) is 16.8. The Morgan fingerprint density at radius 3 is 1.02 bits per heavy atom. The Balaban J connectivity index is 1.11. The van der Waals surface area contributed by atoms with Crippen molar-refractivity contribution >= 4 is 67.2 Å². The number of fused-ring (bicyclic) bond motifs is 8. The molecular weight excluding hydrogens is 636 g/mol. The number of nitrogens with zero attached hydrogens (tertiary/aromatic N) is 4. The van der Waals surface area contributed by atoms with E-state index in [0.29, 0.717) is 11.4 Å². The molecular formula is C43H28N4O4. The van der Waals surface area contributed by atoms with Crippen LogP contribution in [0.5, 0.6) is 0 Å². The van der Waals surface area contributed by atoms with E-state index in [1.807, 2.05) is 118 Å². The molecule has 0 N–H and O–H groups in total. The van der Waals surface area contributed by atoms with Gasteiger partial charge in [-0.2, -0.15) is 0 Å². The van der Waals surface area contributed by atoms with Crippen LogP contribution in [0, 0.1) is 0 Å². The molecule has 8 nitrogen and oxygen atoms in total. The maximum Gasteiger partial charge on any atom is 0.265 e. The molecule has 0 saturated heterocycles. The van der Waals surface area contributed by atoms with Gasteiger partial charge in [0.05, 0.1) is 55.7 Å². The second-order valence-corrected chi connectivity index (χ2v) is 13.5. The van der Waals surface area contributed by atoms with Gasteiger partial charge in [-0.05, 0) is 62.4 Å². The minimum Gasteiger partial charge on any atom is -0.308 e. The van der Waals surface area contributed by atoms with Crippen LogP contribution >= 0.6 is 0 Å². The molecule has 51 heavy (non-hydrogen) atoms. The molecule has 0 atom stereocenters. The Morgan fingerprint density at radius 1 is 0.373 bits per heavy atom. The van der Waals surface area contributed by atoms with Gasteiger partial charge in [0.2, 0.25) is 0 Å². The zero-order valence-electron chi connectivity index (χ0n) is 27.6. The van der Waals surface area contributed by atoms with Crippen LogP contribution in [0.3, 0.4) is 0 Å². The van der Waals surface area contributed by atoms with Gasteiger partial charge in [0.15, 0.2) is 0 Å². The summed E-state index contributed by atoms with van der Waals surface area (Å²) in [6.45, 7) is 3.16. The first-order chi connectivity index (χ1) is 24.8. The topological polar surface area (TPSA) is 84.6 Å². The fourth-order valence-corrected chi connectivity index (χ4v) is 8.37. The monoisotopic (exact) mass is 664 g/mol. The minimum atomic E-state index is -1.66. The molecule has 0 spiro atoms. The SMILES string of the molecule is CC(C)(N1C(=O)c2cccc(-n3c4ccccc4c4ccccc43)c2C1=O)N1C(=O)c2cccc(-n3c4ccccc4c4ccccc43)c2C1=O. The van der Waals surface area contributed by atoms with Gasteiger partial charge >= 0.3 is 0 Å². The van der Waals surface area contributed by atoms with Crippen molar-refractivity contribution in [2.24, 2.45) is 0 Å². The summed E-state index contributed by atoms with van der Waals surface area (Å²) in [7, 11) is 0. The Bertz CT molecular complexity index is 2590. The summed E-state index contributed by atoms with van der Waals surface area (Å²) in [6, 6.07) is 42.2. The number of hydrogen-bond acceptors (Lipinski definition) is 4. The Labute approximate surface area is 291 Å². The molecule has 4 amide bonds. The third kappa shape index (κ3) is 3.68. The number of aromatic nitrogens is 2. The van der Waals surface area contributed by atoms with E-state index in [4.69, 9.17) is 0 Å². The quantitative estimate of drug-likeness (QED) is 0.177. The lowest BCUT2D eigenvalue weighted by atomic mass is 10.1. The van der Waals surface area contributed by atoms with Gasteiger partial charge in [0, 0.05) is 21.5 Å². The van der Waals surface area contributed by atoms with Crippen molar-refractivity contribution in [1.29, 1.82) is 0 Å². The first kappa shape index (κ1) is 29.1. The van der Waals surface area contributed by atoms with Crippen molar-refractivity contribution in [3.05, 3.63) is 156 Å². The fraction of sp³-hybridized carbons (Fsp3) is 0.0698. The molecule has 8 heteroatoms. The van der Waals surface area contributed by atoms with E-state index in [-0.39, 0.29) is 22.3 Å². The van der Waals surface area contributed by atoms with Gasteiger partial charge in [-0.3, -0.25) is 29.0 Å².